The predicted molar refractivity (Wildman–Crippen MR) is 70.9 cm³/mol. The molecule has 0 saturated heterocycles. The van der Waals surface area contributed by atoms with Gasteiger partial charge in [-0.15, -0.1) is 0 Å². The number of hydrogen-bond acceptors (Lipinski definition) is 2. The lowest BCUT2D eigenvalue weighted by Gasteiger charge is -2.27. The Hall–Kier alpha value is -1.31. The average Bonchev–Trinajstić information content (AvgIpc) is 2.82. The first-order valence-electron chi connectivity index (χ1n) is 6.95. The zero-order valence-electron chi connectivity index (χ0n) is 10.9. The van der Waals surface area contributed by atoms with Crippen molar-refractivity contribution < 1.29 is 9.53 Å². The lowest BCUT2D eigenvalue weighted by Crippen LogP contribution is -2.25. The maximum absolute atomic E-state index is 12.0. The van der Waals surface area contributed by atoms with Gasteiger partial charge in [0.2, 0.25) is 0 Å². The molecule has 0 amide bonds. The van der Waals surface area contributed by atoms with Gasteiger partial charge < -0.3 is 4.74 Å². The number of allylic oxidation sites excluding steroid dienone is 5. The van der Waals surface area contributed by atoms with Gasteiger partial charge in [0.05, 0.1) is 13.0 Å². The Bertz CT molecular complexity index is 454. The molecule has 2 bridgehead atoms. The predicted octanol–water partition coefficient (Wildman–Crippen LogP) is 3.55. The fraction of sp³-hybridized carbons (Fsp3) is 0.562. The van der Waals surface area contributed by atoms with Crippen molar-refractivity contribution in [2.75, 3.05) is 7.11 Å². The average molecular weight is 244 g/mol. The summed E-state index contributed by atoms with van der Waals surface area (Å²) in [5.74, 6) is 0.221. The Morgan fingerprint density at radius 3 is 3.00 bits per heavy atom. The second-order valence-electron chi connectivity index (χ2n) is 5.59. The zero-order chi connectivity index (χ0) is 12.5. The molecule has 0 aromatic carbocycles. The van der Waals surface area contributed by atoms with Crippen molar-refractivity contribution in [3.05, 3.63) is 34.9 Å². The molecule has 3 aliphatic rings. The van der Waals surface area contributed by atoms with E-state index in [9.17, 15) is 4.79 Å². The number of hydrogen-bond donors (Lipinski definition) is 0. The first-order chi connectivity index (χ1) is 8.78. The highest BCUT2D eigenvalue weighted by Crippen LogP contribution is 2.41. The standard InChI is InChI=1S/C16H20O2/c1-18-16(17)15-10-12-5-2-4-11(8-12)9-13-6-3-7-14(13)15/h6,9-10,14-15H,2-5,7-8H2,1H3/b11-9-,12-10-/t14-,15-/m0/s1. The quantitative estimate of drug-likeness (QED) is 0.521. The second-order valence-corrected chi connectivity index (χ2v) is 5.59. The van der Waals surface area contributed by atoms with Crippen LogP contribution in [0.1, 0.15) is 38.5 Å². The van der Waals surface area contributed by atoms with Crippen molar-refractivity contribution >= 4 is 5.97 Å². The van der Waals surface area contributed by atoms with Crippen LogP contribution in [0.2, 0.25) is 0 Å². The summed E-state index contributed by atoms with van der Waals surface area (Å²) in [6, 6.07) is 0. The molecule has 96 valence electrons. The Morgan fingerprint density at radius 2 is 2.17 bits per heavy atom. The summed E-state index contributed by atoms with van der Waals surface area (Å²) in [7, 11) is 1.50. The monoisotopic (exact) mass is 244 g/mol. The van der Waals surface area contributed by atoms with Crippen LogP contribution >= 0.6 is 0 Å². The van der Waals surface area contributed by atoms with Gasteiger partial charge in [-0.3, -0.25) is 4.79 Å². The molecule has 0 heterocycles. The molecular formula is C16H20O2. The summed E-state index contributed by atoms with van der Waals surface area (Å²) in [6.45, 7) is 0. The maximum atomic E-state index is 12.0. The van der Waals surface area contributed by atoms with Crippen LogP contribution in [-0.2, 0) is 9.53 Å². The molecule has 0 unspecified atom stereocenters. The van der Waals surface area contributed by atoms with Crippen molar-refractivity contribution in [2.24, 2.45) is 11.8 Å². The Morgan fingerprint density at radius 1 is 1.33 bits per heavy atom. The van der Waals surface area contributed by atoms with Crippen LogP contribution in [0.5, 0.6) is 0 Å². The third kappa shape index (κ3) is 2.05. The first-order valence-corrected chi connectivity index (χ1v) is 6.95. The molecule has 2 heteroatoms. The Kier molecular flexibility index (Phi) is 3.11. The van der Waals surface area contributed by atoms with Crippen molar-refractivity contribution in [3.63, 3.8) is 0 Å². The van der Waals surface area contributed by atoms with Gasteiger partial charge in [-0.1, -0.05) is 29.4 Å². The minimum Gasteiger partial charge on any atom is -0.469 e. The summed E-state index contributed by atoms with van der Waals surface area (Å²) >= 11 is 0. The second kappa shape index (κ2) is 4.75. The van der Waals surface area contributed by atoms with Crippen molar-refractivity contribution in [1.29, 1.82) is 0 Å². The maximum Gasteiger partial charge on any atom is 0.313 e. The van der Waals surface area contributed by atoms with Crippen LogP contribution in [-0.4, -0.2) is 13.1 Å². The number of ether oxygens (including phenoxy) is 1. The van der Waals surface area contributed by atoms with Crippen LogP contribution in [0.4, 0.5) is 0 Å². The van der Waals surface area contributed by atoms with E-state index in [1.54, 1.807) is 5.57 Å². The number of fused-ring (bicyclic) bond motifs is 3. The molecule has 0 radical (unpaired) electrons. The van der Waals surface area contributed by atoms with Gasteiger partial charge in [-0.05, 0) is 44.1 Å². The minimum absolute atomic E-state index is 0.0605. The summed E-state index contributed by atoms with van der Waals surface area (Å²) in [5, 5.41) is 0. The van der Waals surface area contributed by atoms with E-state index in [2.05, 4.69) is 18.2 Å². The third-order valence-electron chi connectivity index (χ3n) is 4.43. The fourth-order valence-electron chi connectivity index (χ4n) is 3.55. The number of esters is 1. The van der Waals surface area contributed by atoms with E-state index in [1.165, 1.54) is 31.1 Å². The van der Waals surface area contributed by atoms with Crippen LogP contribution in [0.3, 0.4) is 0 Å². The van der Waals surface area contributed by atoms with Crippen LogP contribution in [0, 0.1) is 11.8 Å². The summed E-state index contributed by atoms with van der Waals surface area (Å²) in [5.41, 5.74) is 4.36. The smallest absolute Gasteiger partial charge is 0.313 e. The lowest BCUT2D eigenvalue weighted by molar-refractivity contribution is -0.145. The molecule has 3 aliphatic carbocycles. The molecule has 3 rings (SSSR count). The topological polar surface area (TPSA) is 26.3 Å². The highest BCUT2D eigenvalue weighted by atomic mass is 16.5. The van der Waals surface area contributed by atoms with Crippen LogP contribution < -0.4 is 0 Å². The van der Waals surface area contributed by atoms with E-state index in [-0.39, 0.29) is 11.9 Å². The van der Waals surface area contributed by atoms with Gasteiger partial charge in [-0.2, -0.15) is 0 Å². The molecule has 2 atom stereocenters. The largest absolute Gasteiger partial charge is 0.469 e. The summed E-state index contributed by atoms with van der Waals surface area (Å²) in [4.78, 5) is 12.0. The fourth-order valence-corrected chi connectivity index (χ4v) is 3.55. The highest BCUT2D eigenvalue weighted by molar-refractivity contribution is 5.76. The SMILES string of the molecule is COC(=O)[C@H]1/C=C2/CCC/C(=C/C3=CCC[C@@H]31)C2. The Labute approximate surface area is 108 Å². The third-order valence-corrected chi connectivity index (χ3v) is 4.43. The van der Waals surface area contributed by atoms with E-state index in [4.69, 9.17) is 4.74 Å². The number of carbonyl (C=O) groups is 1. The van der Waals surface area contributed by atoms with Gasteiger partial charge >= 0.3 is 5.97 Å². The van der Waals surface area contributed by atoms with Crippen molar-refractivity contribution in [3.8, 4) is 0 Å². The summed E-state index contributed by atoms with van der Waals surface area (Å²) in [6.07, 6.45) is 13.7. The molecule has 0 aromatic rings. The molecular weight excluding hydrogens is 224 g/mol. The molecule has 18 heavy (non-hydrogen) atoms. The van der Waals surface area contributed by atoms with E-state index in [1.807, 2.05) is 0 Å². The van der Waals surface area contributed by atoms with Gasteiger partial charge in [-0.25, -0.2) is 0 Å². The minimum atomic E-state index is -0.0669. The Balaban J connectivity index is 1.99. The molecule has 1 fully saturated rings. The lowest BCUT2D eigenvalue weighted by atomic mass is 9.78. The van der Waals surface area contributed by atoms with Crippen molar-refractivity contribution in [2.45, 2.75) is 38.5 Å². The molecule has 0 aromatic heterocycles. The molecule has 0 N–H and O–H groups in total. The molecule has 2 nitrogen and oxygen atoms in total. The number of methoxy groups -OCH3 is 1. The summed E-state index contributed by atoms with van der Waals surface area (Å²) < 4.78 is 5.00. The molecule has 0 spiro atoms. The number of carbonyl (C=O) groups excluding carboxylic acids is 1. The number of rotatable bonds is 1. The van der Waals surface area contributed by atoms with E-state index >= 15 is 0 Å². The van der Waals surface area contributed by atoms with Gasteiger partial charge in [0.1, 0.15) is 0 Å². The van der Waals surface area contributed by atoms with Gasteiger partial charge in [0.15, 0.2) is 0 Å². The van der Waals surface area contributed by atoms with E-state index < -0.39 is 0 Å². The zero-order valence-corrected chi connectivity index (χ0v) is 10.9. The van der Waals surface area contributed by atoms with Crippen LogP contribution in [0.15, 0.2) is 34.9 Å². The van der Waals surface area contributed by atoms with Gasteiger partial charge in [0.25, 0.3) is 0 Å². The van der Waals surface area contributed by atoms with Crippen LogP contribution in [0.25, 0.3) is 0 Å². The van der Waals surface area contributed by atoms with Gasteiger partial charge in [0, 0.05) is 5.92 Å². The normalized spacial score (nSPS) is 36.2. The molecule has 1 saturated carbocycles. The first kappa shape index (κ1) is 11.8. The molecule has 0 aliphatic heterocycles. The van der Waals surface area contributed by atoms with E-state index in [0.717, 1.165) is 25.7 Å². The van der Waals surface area contributed by atoms with E-state index in [0.29, 0.717) is 5.92 Å². The highest BCUT2D eigenvalue weighted by Gasteiger charge is 2.33. The van der Waals surface area contributed by atoms with Crippen molar-refractivity contribution in [1.82, 2.24) is 0 Å².